The number of nitrogens with one attached hydrogen (secondary N) is 1. The van der Waals surface area contributed by atoms with E-state index in [1.807, 2.05) is 13.8 Å². The molecule has 1 aliphatic rings. The fourth-order valence-electron chi connectivity index (χ4n) is 2.02. The molecule has 3 heteroatoms. The van der Waals surface area contributed by atoms with Crippen molar-refractivity contribution in [3.8, 4) is 0 Å². The predicted octanol–water partition coefficient (Wildman–Crippen LogP) is 2.11. The van der Waals surface area contributed by atoms with E-state index < -0.39 is 0 Å². The van der Waals surface area contributed by atoms with Crippen molar-refractivity contribution >= 4 is 5.91 Å². The number of ether oxygens (including phenoxy) is 1. The second-order valence-corrected chi connectivity index (χ2v) is 4.80. The minimum atomic E-state index is 0.0300. The summed E-state index contributed by atoms with van der Waals surface area (Å²) in [7, 11) is 0. The number of rotatable bonds is 4. The van der Waals surface area contributed by atoms with Crippen LogP contribution in [0.25, 0.3) is 0 Å². The lowest BCUT2D eigenvalue weighted by atomic mass is 9.86. The third-order valence-electron chi connectivity index (χ3n) is 3.01. The molecule has 0 spiro atoms. The van der Waals surface area contributed by atoms with Crippen molar-refractivity contribution in [1.82, 2.24) is 5.32 Å². The van der Waals surface area contributed by atoms with Gasteiger partial charge in [-0.3, -0.25) is 4.79 Å². The molecule has 0 bridgehead atoms. The summed E-state index contributed by atoms with van der Waals surface area (Å²) in [6.07, 6.45) is 5.01. The molecule has 3 nitrogen and oxygen atoms in total. The Hall–Kier alpha value is -0.570. The molecule has 15 heavy (non-hydrogen) atoms. The van der Waals surface area contributed by atoms with Gasteiger partial charge in [-0.05, 0) is 32.6 Å². The van der Waals surface area contributed by atoms with Crippen LogP contribution in [0.1, 0.15) is 46.5 Å². The Morgan fingerprint density at radius 1 is 1.40 bits per heavy atom. The van der Waals surface area contributed by atoms with Gasteiger partial charge in [0, 0.05) is 6.04 Å². The highest BCUT2D eigenvalue weighted by atomic mass is 16.5. The van der Waals surface area contributed by atoms with Crippen molar-refractivity contribution in [1.29, 1.82) is 0 Å². The van der Waals surface area contributed by atoms with E-state index >= 15 is 0 Å². The Kier molecular flexibility index (Phi) is 5.09. The Balaban J connectivity index is 2.24. The number of amides is 1. The quantitative estimate of drug-likeness (QED) is 0.776. The van der Waals surface area contributed by atoms with Crippen LogP contribution in [-0.4, -0.2) is 24.7 Å². The van der Waals surface area contributed by atoms with E-state index in [4.69, 9.17) is 4.74 Å². The summed E-state index contributed by atoms with van der Waals surface area (Å²) in [6, 6.07) is 0.363. The van der Waals surface area contributed by atoms with Gasteiger partial charge >= 0.3 is 0 Å². The molecule has 0 aromatic heterocycles. The number of hydrogen-bond donors (Lipinski definition) is 1. The van der Waals surface area contributed by atoms with Gasteiger partial charge in [-0.1, -0.05) is 19.8 Å². The molecule has 1 aliphatic carbocycles. The third kappa shape index (κ3) is 4.65. The topological polar surface area (TPSA) is 38.3 Å². The van der Waals surface area contributed by atoms with Gasteiger partial charge in [-0.2, -0.15) is 0 Å². The number of carbonyl (C=O) groups excluding carboxylic acids is 1. The summed E-state index contributed by atoms with van der Waals surface area (Å²) in [5.74, 6) is 0.643. The maximum atomic E-state index is 11.5. The second kappa shape index (κ2) is 6.11. The highest BCUT2D eigenvalue weighted by Gasteiger charge is 2.22. The van der Waals surface area contributed by atoms with Crippen LogP contribution in [0.4, 0.5) is 0 Å². The maximum absolute atomic E-state index is 11.5. The predicted molar refractivity (Wildman–Crippen MR) is 60.7 cm³/mol. The first kappa shape index (κ1) is 12.5. The highest BCUT2D eigenvalue weighted by molar-refractivity contribution is 5.77. The van der Waals surface area contributed by atoms with Gasteiger partial charge in [0.15, 0.2) is 0 Å². The first-order valence-corrected chi connectivity index (χ1v) is 6.00. The Labute approximate surface area is 92.6 Å². The SMILES string of the molecule is CC(C)OCC(=O)NC1CCCCC1C. The largest absolute Gasteiger partial charge is 0.369 e. The summed E-state index contributed by atoms with van der Waals surface area (Å²) in [5.41, 5.74) is 0. The second-order valence-electron chi connectivity index (χ2n) is 4.80. The van der Waals surface area contributed by atoms with Crippen LogP contribution in [-0.2, 0) is 9.53 Å². The fraction of sp³-hybridized carbons (Fsp3) is 0.917. The summed E-state index contributed by atoms with van der Waals surface area (Å²) in [4.78, 5) is 11.5. The molecule has 2 atom stereocenters. The standard InChI is InChI=1S/C12H23NO2/c1-9(2)15-8-12(14)13-11-7-5-4-6-10(11)3/h9-11H,4-8H2,1-3H3,(H,13,14). The third-order valence-corrected chi connectivity index (χ3v) is 3.01. The molecule has 0 aromatic rings. The van der Waals surface area contributed by atoms with Crippen LogP contribution < -0.4 is 5.32 Å². The molecule has 2 unspecified atom stereocenters. The molecule has 88 valence electrons. The van der Waals surface area contributed by atoms with E-state index in [2.05, 4.69) is 12.2 Å². The van der Waals surface area contributed by atoms with Gasteiger partial charge in [-0.25, -0.2) is 0 Å². The summed E-state index contributed by atoms with van der Waals surface area (Å²) in [5, 5.41) is 3.06. The van der Waals surface area contributed by atoms with Gasteiger partial charge in [-0.15, -0.1) is 0 Å². The first-order chi connectivity index (χ1) is 7.09. The molecule has 1 amide bonds. The van der Waals surface area contributed by atoms with E-state index in [1.54, 1.807) is 0 Å². The molecule has 0 heterocycles. The summed E-state index contributed by atoms with van der Waals surface area (Å²) < 4.78 is 5.27. The van der Waals surface area contributed by atoms with Crippen LogP contribution in [0.15, 0.2) is 0 Å². The van der Waals surface area contributed by atoms with Crippen LogP contribution in [0, 0.1) is 5.92 Å². The molecular weight excluding hydrogens is 190 g/mol. The normalized spacial score (nSPS) is 26.7. The van der Waals surface area contributed by atoms with Gasteiger partial charge in [0.25, 0.3) is 0 Å². The van der Waals surface area contributed by atoms with Gasteiger partial charge in [0.2, 0.25) is 5.91 Å². The van der Waals surface area contributed by atoms with Crippen LogP contribution >= 0.6 is 0 Å². The average molecular weight is 213 g/mol. The van der Waals surface area contributed by atoms with E-state index in [1.165, 1.54) is 19.3 Å². The zero-order chi connectivity index (χ0) is 11.3. The summed E-state index contributed by atoms with van der Waals surface area (Å²) in [6.45, 7) is 6.29. The molecule has 1 N–H and O–H groups in total. The molecule has 1 rings (SSSR count). The van der Waals surface area contributed by atoms with Crippen molar-refractivity contribution in [2.45, 2.75) is 58.6 Å². The molecule has 0 radical (unpaired) electrons. The molecule has 0 saturated heterocycles. The average Bonchev–Trinajstić information content (AvgIpc) is 2.18. The molecule has 1 saturated carbocycles. The zero-order valence-electron chi connectivity index (χ0n) is 10.1. The van der Waals surface area contributed by atoms with E-state index in [0.717, 1.165) is 6.42 Å². The van der Waals surface area contributed by atoms with Crippen molar-refractivity contribution in [3.63, 3.8) is 0 Å². The lowest BCUT2D eigenvalue weighted by Crippen LogP contribution is -2.42. The molecule has 0 aromatic carbocycles. The first-order valence-electron chi connectivity index (χ1n) is 6.00. The van der Waals surface area contributed by atoms with E-state index in [9.17, 15) is 4.79 Å². The van der Waals surface area contributed by atoms with Crippen LogP contribution in [0.2, 0.25) is 0 Å². The zero-order valence-corrected chi connectivity index (χ0v) is 10.1. The highest BCUT2D eigenvalue weighted by Crippen LogP contribution is 2.23. The van der Waals surface area contributed by atoms with Crippen molar-refractivity contribution in [3.05, 3.63) is 0 Å². The summed E-state index contributed by atoms with van der Waals surface area (Å²) >= 11 is 0. The number of carbonyl (C=O) groups is 1. The maximum Gasteiger partial charge on any atom is 0.246 e. The van der Waals surface area contributed by atoms with Crippen molar-refractivity contribution < 1.29 is 9.53 Å². The Morgan fingerprint density at radius 2 is 2.07 bits per heavy atom. The monoisotopic (exact) mass is 213 g/mol. The van der Waals surface area contributed by atoms with E-state index in [-0.39, 0.29) is 18.6 Å². The minimum Gasteiger partial charge on any atom is -0.369 e. The van der Waals surface area contributed by atoms with Crippen LogP contribution in [0.3, 0.4) is 0 Å². The van der Waals surface area contributed by atoms with Crippen LogP contribution in [0.5, 0.6) is 0 Å². The van der Waals surface area contributed by atoms with Crippen molar-refractivity contribution in [2.75, 3.05) is 6.61 Å². The fourth-order valence-corrected chi connectivity index (χ4v) is 2.02. The minimum absolute atomic E-state index is 0.0300. The lowest BCUT2D eigenvalue weighted by Gasteiger charge is -2.29. The van der Waals surface area contributed by atoms with Gasteiger partial charge < -0.3 is 10.1 Å². The Morgan fingerprint density at radius 3 is 2.67 bits per heavy atom. The van der Waals surface area contributed by atoms with Crippen molar-refractivity contribution in [2.24, 2.45) is 5.92 Å². The molecular formula is C12H23NO2. The van der Waals surface area contributed by atoms with Gasteiger partial charge in [0.05, 0.1) is 6.10 Å². The lowest BCUT2D eigenvalue weighted by molar-refractivity contribution is -0.128. The molecule has 1 fully saturated rings. The van der Waals surface area contributed by atoms with Gasteiger partial charge in [0.1, 0.15) is 6.61 Å². The van der Waals surface area contributed by atoms with E-state index in [0.29, 0.717) is 12.0 Å². The smallest absolute Gasteiger partial charge is 0.246 e. The molecule has 0 aliphatic heterocycles. The Bertz CT molecular complexity index is 204. The number of hydrogen-bond acceptors (Lipinski definition) is 2.